The Kier molecular flexibility index (Phi) is 23.5. The van der Waals surface area contributed by atoms with Crippen molar-refractivity contribution in [2.45, 2.75) is 44.2 Å². The molecule has 0 radical (unpaired) electrons. The van der Waals surface area contributed by atoms with Gasteiger partial charge in [0.2, 0.25) is 0 Å². The van der Waals surface area contributed by atoms with Crippen LogP contribution in [0.2, 0.25) is 0 Å². The molecule has 0 aliphatic carbocycles. The third kappa shape index (κ3) is 24.1. The fraction of sp³-hybridized carbons (Fsp3) is 1.00. The largest absolute Gasteiger partial charge is 0.329 e. The van der Waals surface area contributed by atoms with E-state index in [2.05, 4.69) is 10.6 Å². The highest BCUT2D eigenvalue weighted by atomic mass is 14.9. The van der Waals surface area contributed by atoms with Crippen LogP contribution in [0.4, 0.5) is 0 Å². The molecule has 142 valence electrons. The summed E-state index contributed by atoms with van der Waals surface area (Å²) in [5.74, 6) is 0. The Balaban J connectivity index is 0. The van der Waals surface area contributed by atoms with Crippen molar-refractivity contribution in [2.24, 2.45) is 34.4 Å². The summed E-state index contributed by atoms with van der Waals surface area (Å²) in [5, 5.41) is 6.58. The number of nitrogens with one attached hydrogen (secondary N) is 2. The van der Waals surface area contributed by atoms with Crippen molar-refractivity contribution in [3.8, 4) is 0 Å². The average Bonchev–Trinajstić information content (AvgIpc) is 2.57. The molecule has 0 fully saturated rings. The van der Waals surface area contributed by atoms with E-state index in [9.17, 15) is 0 Å². The van der Waals surface area contributed by atoms with Crippen molar-refractivity contribution >= 4 is 0 Å². The van der Waals surface area contributed by atoms with E-state index in [0.29, 0.717) is 19.5 Å². The summed E-state index contributed by atoms with van der Waals surface area (Å²) < 4.78 is 0. The summed E-state index contributed by atoms with van der Waals surface area (Å²) in [6, 6.07) is 0.00657. The number of hydrogen-bond acceptors (Lipinski definition) is 8. The fourth-order valence-corrected chi connectivity index (χ4v) is 1.89. The minimum absolute atomic E-state index is 0.00329. The Labute approximate surface area is 142 Å². The molecule has 0 saturated heterocycles. The van der Waals surface area contributed by atoms with Crippen LogP contribution in [0.5, 0.6) is 0 Å². The Morgan fingerprint density at radius 1 is 0.565 bits per heavy atom. The topological polar surface area (TPSA) is 180 Å². The van der Waals surface area contributed by atoms with Crippen LogP contribution in [0.3, 0.4) is 0 Å². The average molecular weight is 335 g/mol. The second-order valence-corrected chi connectivity index (χ2v) is 5.72. The second kappa shape index (κ2) is 21.7. The zero-order chi connectivity index (χ0) is 17.8. The maximum Gasteiger partial charge on any atom is 0.0178 e. The normalized spacial score (nSPS) is 13.3. The van der Waals surface area contributed by atoms with Gasteiger partial charge in [0.25, 0.3) is 0 Å². The zero-order valence-corrected chi connectivity index (χ0v) is 14.8. The Morgan fingerprint density at radius 2 is 0.957 bits per heavy atom. The van der Waals surface area contributed by atoms with E-state index in [4.69, 9.17) is 34.4 Å². The molecule has 0 amide bonds. The highest BCUT2D eigenvalue weighted by Gasteiger charge is 2.04. The van der Waals surface area contributed by atoms with Gasteiger partial charge in [0, 0.05) is 51.4 Å². The molecular formula is C15H42N8. The van der Waals surface area contributed by atoms with Crippen LogP contribution in [-0.2, 0) is 0 Å². The summed E-state index contributed by atoms with van der Waals surface area (Å²) in [4.78, 5) is 0. The van der Waals surface area contributed by atoms with Gasteiger partial charge in [-0.15, -0.1) is 0 Å². The Bertz CT molecular complexity index is 186. The summed E-state index contributed by atoms with van der Waals surface area (Å²) in [6.07, 6.45) is 5.85. The minimum Gasteiger partial charge on any atom is -0.329 e. The predicted molar refractivity (Wildman–Crippen MR) is 101 cm³/mol. The molecule has 0 saturated carbocycles. The van der Waals surface area contributed by atoms with Crippen molar-refractivity contribution in [1.82, 2.24) is 10.6 Å². The summed E-state index contributed by atoms with van der Waals surface area (Å²) in [5.41, 5.74) is 32.2. The number of rotatable bonds is 15. The lowest BCUT2D eigenvalue weighted by Gasteiger charge is -2.12. The van der Waals surface area contributed by atoms with Gasteiger partial charge < -0.3 is 45.0 Å². The molecule has 14 N–H and O–H groups in total. The Hall–Kier alpha value is -0.320. The monoisotopic (exact) mass is 334 g/mol. The molecule has 8 heteroatoms. The first-order chi connectivity index (χ1) is 11.1. The van der Waals surface area contributed by atoms with Crippen LogP contribution < -0.4 is 45.0 Å². The van der Waals surface area contributed by atoms with Crippen LogP contribution in [0, 0.1) is 0 Å². The third-order valence-corrected chi connectivity index (χ3v) is 3.31. The van der Waals surface area contributed by atoms with E-state index < -0.39 is 0 Å². The van der Waals surface area contributed by atoms with Gasteiger partial charge in [0.15, 0.2) is 0 Å². The maximum absolute atomic E-state index is 5.49. The molecular weight excluding hydrogens is 292 g/mol. The van der Waals surface area contributed by atoms with Crippen molar-refractivity contribution in [2.75, 3.05) is 52.4 Å². The van der Waals surface area contributed by atoms with Crippen LogP contribution in [0.25, 0.3) is 0 Å². The molecule has 0 aromatic carbocycles. The van der Waals surface area contributed by atoms with E-state index >= 15 is 0 Å². The first-order valence-electron chi connectivity index (χ1n) is 8.85. The van der Waals surface area contributed by atoms with Gasteiger partial charge in [0.05, 0.1) is 0 Å². The smallest absolute Gasteiger partial charge is 0.0178 e. The number of unbranched alkanes of at least 4 members (excludes halogenated alkanes) is 3. The van der Waals surface area contributed by atoms with Gasteiger partial charge in [-0.05, 0) is 32.4 Å². The molecule has 0 aliphatic rings. The van der Waals surface area contributed by atoms with E-state index in [1.54, 1.807) is 0 Å². The number of hydrogen-bond donors (Lipinski definition) is 8. The minimum atomic E-state index is 0.00329. The maximum atomic E-state index is 5.49. The van der Waals surface area contributed by atoms with Gasteiger partial charge >= 0.3 is 0 Å². The van der Waals surface area contributed by atoms with Crippen molar-refractivity contribution in [3.05, 3.63) is 0 Å². The lowest BCUT2D eigenvalue weighted by Crippen LogP contribution is -2.40. The van der Waals surface area contributed by atoms with E-state index in [0.717, 1.165) is 39.3 Å². The lowest BCUT2D eigenvalue weighted by molar-refractivity contribution is 0.532. The SMILES string of the molecule is NCC(N)CC(N)CN.NCCNCCCCCCNCCN. The molecule has 2 unspecified atom stereocenters. The molecule has 0 rings (SSSR count). The molecule has 0 spiro atoms. The molecule has 23 heavy (non-hydrogen) atoms. The standard InChI is InChI=1S/C10H26N4.C5H16N4/c11-5-9-13-7-3-1-2-4-8-14-10-6-12;6-2-4(8)1-5(9)3-7/h13-14H,1-12H2;4-5H,1-3,6-9H2. The summed E-state index contributed by atoms with van der Waals surface area (Å²) in [7, 11) is 0. The van der Waals surface area contributed by atoms with Gasteiger partial charge in [-0.3, -0.25) is 0 Å². The molecule has 0 aliphatic heterocycles. The van der Waals surface area contributed by atoms with Crippen LogP contribution >= 0.6 is 0 Å². The van der Waals surface area contributed by atoms with Crippen molar-refractivity contribution < 1.29 is 0 Å². The van der Waals surface area contributed by atoms with Gasteiger partial charge in [0.1, 0.15) is 0 Å². The van der Waals surface area contributed by atoms with Crippen LogP contribution in [-0.4, -0.2) is 64.4 Å². The van der Waals surface area contributed by atoms with Crippen molar-refractivity contribution in [1.29, 1.82) is 0 Å². The quantitative estimate of drug-likeness (QED) is 0.152. The zero-order valence-electron chi connectivity index (χ0n) is 14.8. The van der Waals surface area contributed by atoms with Crippen LogP contribution in [0.1, 0.15) is 32.1 Å². The molecule has 0 aromatic rings. The van der Waals surface area contributed by atoms with Gasteiger partial charge in [-0.25, -0.2) is 0 Å². The molecule has 8 nitrogen and oxygen atoms in total. The number of nitrogens with two attached hydrogens (primary N) is 6. The molecule has 0 bridgehead atoms. The molecule has 2 atom stereocenters. The van der Waals surface area contributed by atoms with E-state index in [-0.39, 0.29) is 12.1 Å². The predicted octanol–water partition coefficient (Wildman–Crippen LogP) is -2.41. The highest BCUT2D eigenvalue weighted by Crippen LogP contribution is 1.97. The van der Waals surface area contributed by atoms with Crippen molar-refractivity contribution in [3.63, 3.8) is 0 Å². The van der Waals surface area contributed by atoms with E-state index in [1.165, 1.54) is 25.7 Å². The summed E-state index contributed by atoms with van der Waals surface area (Å²) in [6.45, 7) is 6.53. The first-order valence-corrected chi connectivity index (χ1v) is 8.85. The van der Waals surface area contributed by atoms with E-state index in [1.807, 2.05) is 0 Å². The van der Waals surface area contributed by atoms with Crippen LogP contribution in [0.15, 0.2) is 0 Å². The van der Waals surface area contributed by atoms with Gasteiger partial charge in [-0.2, -0.15) is 0 Å². The molecule has 0 aromatic heterocycles. The first kappa shape index (κ1) is 24.9. The highest BCUT2D eigenvalue weighted by molar-refractivity contribution is 4.71. The third-order valence-electron chi connectivity index (χ3n) is 3.31. The molecule has 0 heterocycles. The van der Waals surface area contributed by atoms with Gasteiger partial charge in [-0.1, -0.05) is 12.8 Å². The summed E-state index contributed by atoms with van der Waals surface area (Å²) >= 11 is 0. The lowest BCUT2D eigenvalue weighted by atomic mass is 10.1. The second-order valence-electron chi connectivity index (χ2n) is 5.72. The Morgan fingerprint density at radius 3 is 1.26 bits per heavy atom. The fourth-order valence-electron chi connectivity index (χ4n) is 1.89.